The molecule has 1 N–H and O–H groups in total. The van der Waals surface area contributed by atoms with Crippen LogP contribution in [0.25, 0.3) is 0 Å². The van der Waals surface area contributed by atoms with Crippen LogP contribution in [0.1, 0.15) is 51.0 Å². The van der Waals surface area contributed by atoms with Crippen LogP contribution in [-0.4, -0.2) is 18.6 Å². The Labute approximate surface area is 155 Å². The Morgan fingerprint density at radius 3 is 2.40 bits per heavy atom. The van der Waals surface area contributed by atoms with Gasteiger partial charge in [0.25, 0.3) is 5.91 Å². The summed E-state index contributed by atoms with van der Waals surface area (Å²) in [4.78, 5) is 12.4. The van der Waals surface area contributed by atoms with Gasteiger partial charge >= 0.3 is 0 Å². The Bertz CT molecular complexity index is 637. The Morgan fingerprint density at radius 2 is 1.84 bits per heavy atom. The number of carbonyl (C=O) groups is 1. The summed E-state index contributed by atoms with van der Waals surface area (Å²) >= 11 is 5.96. The van der Waals surface area contributed by atoms with E-state index in [2.05, 4.69) is 12.2 Å². The molecule has 1 aromatic carbocycles. The van der Waals surface area contributed by atoms with Crippen LogP contribution in [0.5, 0.6) is 5.75 Å². The van der Waals surface area contributed by atoms with Crippen LogP contribution >= 0.6 is 11.6 Å². The Morgan fingerprint density at radius 1 is 1.24 bits per heavy atom. The second kappa shape index (κ2) is 6.50. The predicted octanol–water partition coefficient (Wildman–Crippen LogP) is 4.75. The number of halogens is 1. The minimum atomic E-state index is -0.0161. The minimum Gasteiger partial charge on any atom is -0.484 e. The van der Waals surface area contributed by atoms with E-state index in [-0.39, 0.29) is 18.6 Å². The summed E-state index contributed by atoms with van der Waals surface area (Å²) in [6.07, 6.45) is 8.20. The number of rotatable bonds is 5. The van der Waals surface area contributed by atoms with Crippen molar-refractivity contribution < 1.29 is 9.53 Å². The number of hydrogen-bond acceptors (Lipinski definition) is 2. The fraction of sp³-hybridized carbons (Fsp3) is 0.667. The molecular formula is C21H28ClNO2. The quantitative estimate of drug-likeness (QED) is 0.821. The summed E-state index contributed by atoms with van der Waals surface area (Å²) in [5.41, 5.74) is 1.29. The zero-order valence-electron chi connectivity index (χ0n) is 15.2. The van der Waals surface area contributed by atoms with Gasteiger partial charge in [0.05, 0.1) is 0 Å². The predicted molar refractivity (Wildman–Crippen MR) is 99.9 cm³/mol. The molecule has 5 rings (SSSR count). The molecule has 136 valence electrons. The van der Waals surface area contributed by atoms with Gasteiger partial charge < -0.3 is 10.1 Å². The molecule has 0 heterocycles. The highest BCUT2D eigenvalue weighted by molar-refractivity contribution is 6.30. The fourth-order valence-corrected chi connectivity index (χ4v) is 6.29. The third-order valence-electron chi connectivity index (χ3n) is 6.88. The van der Waals surface area contributed by atoms with Gasteiger partial charge in [-0.15, -0.1) is 0 Å². The summed E-state index contributed by atoms with van der Waals surface area (Å²) in [5.74, 6) is 3.41. The van der Waals surface area contributed by atoms with Crippen LogP contribution in [0.2, 0.25) is 5.02 Å². The molecule has 3 nitrogen and oxygen atoms in total. The van der Waals surface area contributed by atoms with Gasteiger partial charge in [0.2, 0.25) is 0 Å². The number of amides is 1. The van der Waals surface area contributed by atoms with Gasteiger partial charge in [-0.05, 0) is 99.3 Å². The van der Waals surface area contributed by atoms with Crippen molar-refractivity contribution in [3.63, 3.8) is 0 Å². The van der Waals surface area contributed by atoms with Crippen molar-refractivity contribution in [2.24, 2.45) is 23.2 Å². The van der Waals surface area contributed by atoms with Crippen LogP contribution in [0.3, 0.4) is 0 Å². The molecule has 1 aromatic rings. The maximum Gasteiger partial charge on any atom is 0.258 e. The number of aryl methyl sites for hydroxylation is 1. The zero-order chi connectivity index (χ0) is 17.6. The van der Waals surface area contributed by atoms with E-state index in [1.807, 2.05) is 19.1 Å². The molecule has 25 heavy (non-hydrogen) atoms. The van der Waals surface area contributed by atoms with Crippen LogP contribution in [-0.2, 0) is 4.79 Å². The normalized spacial score (nSPS) is 34.0. The lowest BCUT2D eigenvalue weighted by Crippen LogP contribution is -2.56. The first-order chi connectivity index (χ1) is 11.9. The molecule has 4 aliphatic rings. The van der Waals surface area contributed by atoms with E-state index in [1.165, 1.54) is 38.5 Å². The van der Waals surface area contributed by atoms with Gasteiger partial charge in [-0.1, -0.05) is 11.6 Å². The fourth-order valence-electron chi connectivity index (χ4n) is 6.06. The van der Waals surface area contributed by atoms with E-state index in [4.69, 9.17) is 16.3 Å². The Balaban J connectivity index is 1.34. The van der Waals surface area contributed by atoms with Crippen LogP contribution in [0, 0.1) is 30.1 Å². The van der Waals surface area contributed by atoms with Gasteiger partial charge in [-0.25, -0.2) is 0 Å². The second-order valence-electron chi connectivity index (χ2n) is 8.77. The topological polar surface area (TPSA) is 38.3 Å². The molecule has 1 atom stereocenters. The maximum atomic E-state index is 12.4. The molecule has 4 aliphatic carbocycles. The third-order valence-corrected chi connectivity index (χ3v) is 7.11. The van der Waals surface area contributed by atoms with E-state index < -0.39 is 0 Å². The van der Waals surface area contributed by atoms with Gasteiger partial charge in [0.1, 0.15) is 5.75 Å². The van der Waals surface area contributed by atoms with E-state index >= 15 is 0 Å². The zero-order valence-corrected chi connectivity index (χ0v) is 15.9. The second-order valence-corrected chi connectivity index (χ2v) is 9.20. The van der Waals surface area contributed by atoms with Crippen molar-refractivity contribution in [3.05, 3.63) is 28.8 Å². The molecule has 0 aliphatic heterocycles. The monoisotopic (exact) mass is 361 g/mol. The molecule has 4 bridgehead atoms. The average molecular weight is 362 g/mol. The van der Waals surface area contributed by atoms with Crippen molar-refractivity contribution in [1.82, 2.24) is 5.32 Å². The lowest BCUT2D eigenvalue weighted by Gasteiger charge is -2.59. The van der Waals surface area contributed by atoms with Crippen molar-refractivity contribution >= 4 is 17.5 Å². The smallest absolute Gasteiger partial charge is 0.258 e. The molecule has 4 fully saturated rings. The van der Waals surface area contributed by atoms with E-state index in [9.17, 15) is 4.79 Å². The SMILES string of the molecule is Cc1cc(Cl)ccc1OCC(=O)N[C@H](C)C12CC3CC(CC(C3)C1)C2. The highest BCUT2D eigenvalue weighted by Gasteiger charge is 2.53. The van der Waals surface area contributed by atoms with Crippen molar-refractivity contribution in [2.45, 2.75) is 58.4 Å². The molecule has 0 spiro atoms. The summed E-state index contributed by atoms with van der Waals surface area (Å²) < 4.78 is 5.70. The lowest BCUT2D eigenvalue weighted by atomic mass is 9.48. The van der Waals surface area contributed by atoms with Gasteiger partial charge in [0.15, 0.2) is 6.61 Å². The van der Waals surface area contributed by atoms with Crippen LogP contribution < -0.4 is 10.1 Å². The lowest BCUT2D eigenvalue weighted by molar-refractivity contribution is -0.127. The van der Waals surface area contributed by atoms with Gasteiger partial charge in [-0.3, -0.25) is 4.79 Å². The molecule has 1 amide bonds. The number of carbonyl (C=O) groups excluding carboxylic acids is 1. The van der Waals surface area contributed by atoms with Gasteiger partial charge in [-0.2, -0.15) is 0 Å². The average Bonchev–Trinajstić information content (AvgIpc) is 2.52. The first kappa shape index (κ1) is 17.2. The number of hydrogen-bond donors (Lipinski definition) is 1. The number of ether oxygens (including phenoxy) is 1. The largest absolute Gasteiger partial charge is 0.484 e. The Kier molecular flexibility index (Phi) is 4.47. The molecule has 0 saturated heterocycles. The van der Waals surface area contributed by atoms with E-state index in [0.717, 1.165) is 29.1 Å². The van der Waals surface area contributed by atoms with Crippen molar-refractivity contribution in [2.75, 3.05) is 6.61 Å². The van der Waals surface area contributed by atoms with Crippen LogP contribution in [0.4, 0.5) is 0 Å². The maximum absolute atomic E-state index is 12.4. The highest BCUT2D eigenvalue weighted by atomic mass is 35.5. The van der Waals surface area contributed by atoms with E-state index in [1.54, 1.807) is 6.07 Å². The molecule has 0 aromatic heterocycles. The van der Waals surface area contributed by atoms with Gasteiger partial charge in [0, 0.05) is 11.1 Å². The number of benzene rings is 1. The van der Waals surface area contributed by atoms with Crippen molar-refractivity contribution in [3.8, 4) is 5.75 Å². The summed E-state index contributed by atoms with van der Waals surface area (Å²) in [7, 11) is 0. The summed E-state index contributed by atoms with van der Waals surface area (Å²) in [6.45, 7) is 4.22. The molecular weight excluding hydrogens is 334 g/mol. The Hall–Kier alpha value is -1.22. The first-order valence-corrected chi connectivity index (χ1v) is 10.00. The molecule has 4 heteroatoms. The molecule has 0 unspecified atom stereocenters. The van der Waals surface area contributed by atoms with Crippen molar-refractivity contribution in [1.29, 1.82) is 0 Å². The first-order valence-electron chi connectivity index (χ1n) is 9.62. The third kappa shape index (κ3) is 3.40. The highest BCUT2D eigenvalue weighted by Crippen LogP contribution is 2.61. The number of nitrogens with one attached hydrogen (secondary N) is 1. The summed E-state index contributed by atoms with van der Waals surface area (Å²) in [5, 5.41) is 3.93. The summed E-state index contributed by atoms with van der Waals surface area (Å²) in [6, 6.07) is 5.71. The molecule has 0 radical (unpaired) electrons. The van der Waals surface area contributed by atoms with E-state index in [0.29, 0.717) is 10.4 Å². The minimum absolute atomic E-state index is 0.0161. The standard InChI is InChI=1S/C21H28ClNO2/c1-13-5-18(22)3-4-19(13)25-12-20(24)23-14(2)21-9-15-6-16(10-21)8-17(7-15)11-21/h3-5,14-17H,6-12H2,1-2H3,(H,23,24)/t14-,15?,16?,17?,21?/m1/s1. The molecule has 4 saturated carbocycles. The van der Waals surface area contributed by atoms with Crippen LogP contribution in [0.15, 0.2) is 18.2 Å².